The van der Waals surface area contributed by atoms with Gasteiger partial charge in [0.05, 0.1) is 13.2 Å². The number of hydrogen-bond donors (Lipinski definition) is 0. The molecule has 230 valence electrons. The van der Waals surface area contributed by atoms with Gasteiger partial charge in [-0.3, -0.25) is 4.79 Å². The highest BCUT2D eigenvalue weighted by Crippen LogP contribution is 2.31. The molecule has 0 amide bonds. The van der Waals surface area contributed by atoms with Crippen LogP contribution in [0.3, 0.4) is 0 Å². The highest BCUT2D eigenvalue weighted by atomic mass is 16.6. The highest BCUT2D eigenvalue weighted by Gasteiger charge is 2.50. The number of rotatable bonds is 23. The number of Topliss-reactive ketones (excluding diaryl/α,β-unsaturated/α-hetero) is 1. The lowest BCUT2D eigenvalue weighted by molar-refractivity contribution is -0.254. The molecule has 0 aromatic heterocycles. The summed E-state index contributed by atoms with van der Waals surface area (Å²) in [5, 5.41) is 0. The molecule has 2 rings (SSSR count). The maximum absolute atomic E-state index is 14.0. The minimum atomic E-state index is -0.818. The van der Waals surface area contributed by atoms with Gasteiger partial charge in [-0.05, 0) is 56.4 Å². The normalized spacial score (nSPS) is 22.9. The van der Waals surface area contributed by atoms with Crippen molar-refractivity contribution >= 4 is 5.78 Å². The third-order valence-electron chi connectivity index (χ3n) is 7.15. The van der Waals surface area contributed by atoms with Crippen LogP contribution in [-0.2, 0) is 23.7 Å². The van der Waals surface area contributed by atoms with E-state index in [0.29, 0.717) is 45.2 Å². The smallest absolute Gasteiger partial charge is 0.194 e. The number of hydrogen-bond acceptors (Lipinski definition) is 7. The second-order valence-electron chi connectivity index (χ2n) is 10.7. The van der Waals surface area contributed by atoms with E-state index in [1.807, 2.05) is 24.3 Å². The fourth-order valence-corrected chi connectivity index (χ4v) is 4.58. The van der Waals surface area contributed by atoms with Gasteiger partial charge in [0, 0.05) is 32.0 Å². The molecule has 5 atom stereocenters. The molecule has 1 aliphatic rings. The van der Waals surface area contributed by atoms with Gasteiger partial charge in [-0.25, -0.2) is 0 Å². The van der Waals surface area contributed by atoms with Crippen molar-refractivity contribution in [2.24, 2.45) is 0 Å². The summed E-state index contributed by atoms with van der Waals surface area (Å²) in [5.41, 5.74) is 0.570. The van der Waals surface area contributed by atoms with Crippen LogP contribution in [0.4, 0.5) is 0 Å². The Morgan fingerprint density at radius 3 is 1.73 bits per heavy atom. The molecule has 1 aliphatic heterocycles. The van der Waals surface area contributed by atoms with Crippen molar-refractivity contribution in [2.45, 2.75) is 129 Å². The summed E-state index contributed by atoms with van der Waals surface area (Å²) in [6.07, 6.45) is 7.27. The number of ketones is 1. The third kappa shape index (κ3) is 11.8. The molecule has 1 fully saturated rings. The van der Waals surface area contributed by atoms with E-state index >= 15 is 0 Å². The van der Waals surface area contributed by atoms with Crippen LogP contribution >= 0.6 is 0 Å². The molecule has 0 radical (unpaired) electrons. The van der Waals surface area contributed by atoms with E-state index in [2.05, 4.69) is 34.6 Å². The summed E-state index contributed by atoms with van der Waals surface area (Å²) in [7, 11) is 0. The molecule has 0 unspecified atom stereocenters. The fourth-order valence-electron chi connectivity index (χ4n) is 4.58. The van der Waals surface area contributed by atoms with Crippen LogP contribution in [0.2, 0.25) is 0 Å². The maximum Gasteiger partial charge on any atom is 0.194 e. The van der Waals surface area contributed by atoms with E-state index in [9.17, 15) is 4.79 Å². The van der Waals surface area contributed by atoms with Gasteiger partial charge in [0.1, 0.15) is 36.3 Å². The van der Waals surface area contributed by atoms with Gasteiger partial charge in [-0.1, -0.05) is 66.7 Å². The Morgan fingerprint density at radius 2 is 1.15 bits per heavy atom. The van der Waals surface area contributed by atoms with Crippen molar-refractivity contribution in [1.29, 1.82) is 0 Å². The van der Waals surface area contributed by atoms with Crippen LogP contribution < -0.4 is 4.74 Å². The Labute approximate surface area is 243 Å². The first-order chi connectivity index (χ1) is 19.6. The van der Waals surface area contributed by atoms with Gasteiger partial charge in [0.15, 0.2) is 5.78 Å². The molecule has 0 spiro atoms. The minimum Gasteiger partial charge on any atom is -0.494 e. The largest absolute Gasteiger partial charge is 0.494 e. The first-order valence-corrected chi connectivity index (χ1v) is 16.0. The molecule has 0 bridgehead atoms. The summed E-state index contributed by atoms with van der Waals surface area (Å²) < 4.78 is 37.8. The Bertz CT molecular complexity index is 769. The SMILES string of the molecule is CCCCOC[C@H]1O[C@@H](C(=O)c2ccc(OCCCC)cc2)[C@H](OCCCC)[C@@H](OCCCC)[C@@H]1OCCCC. The van der Waals surface area contributed by atoms with Gasteiger partial charge < -0.3 is 28.4 Å². The number of ether oxygens (including phenoxy) is 6. The standard InChI is InChI=1S/C33H56O7/c1-6-11-20-35-25-28-30(37-22-13-8-3)32(38-23-14-9-4)33(39-24-15-10-5)31(40-28)29(34)26-16-18-27(19-17-26)36-21-12-7-2/h16-19,28,30-33H,6-15,20-25H2,1-5H3/t28-,30-,31+,32+,33+/m1/s1. The molecule has 7 heteroatoms. The molecular weight excluding hydrogens is 508 g/mol. The van der Waals surface area contributed by atoms with Crippen LogP contribution in [0.1, 0.15) is 109 Å². The van der Waals surface area contributed by atoms with Crippen molar-refractivity contribution in [3.8, 4) is 5.75 Å². The van der Waals surface area contributed by atoms with Gasteiger partial charge in [-0.2, -0.15) is 0 Å². The highest BCUT2D eigenvalue weighted by molar-refractivity contribution is 6.00. The summed E-state index contributed by atoms with van der Waals surface area (Å²) in [5.74, 6) is 0.647. The molecular formula is C33H56O7. The van der Waals surface area contributed by atoms with Gasteiger partial charge >= 0.3 is 0 Å². The zero-order valence-corrected chi connectivity index (χ0v) is 25.9. The van der Waals surface area contributed by atoms with Crippen LogP contribution in [-0.4, -0.2) is 75.9 Å². The number of benzene rings is 1. The lowest BCUT2D eigenvalue weighted by Gasteiger charge is -2.45. The van der Waals surface area contributed by atoms with Crippen LogP contribution in [0.15, 0.2) is 24.3 Å². The predicted molar refractivity (Wildman–Crippen MR) is 160 cm³/mol. The van der Waals surface area contributed by atoms with E-state index in [1.165, 1.54) is 0 Å². The Kier molecular flexibility index (Phi) is 18.4. The van der Waals surface area contributed by atoms with E-state index < -0.39 is 24.4 Å². The van der Waals surface area contributed by atoms with Crippen molar-refractivity contribution in [2.75, 3.05) is 39.6 Å². The minimum absolute atomic E-state index is 0.115. The molecule has 1 aromatic rings. The van der Waals surface area contributed by atoms with Crippen molar-refractivity contribution in [3.05, 3.63) is 29.8 Å². The van der Waals surface area contributed by atoms with E-state index in [1.54, 1.807) is 0 Å². The fraction of sp³-hybridized carbons (Fsp3) is 0.788. The Morgan fingerprint density at radius 1 is 0.650 bits per heavy atom. The number of unbranched alkanes of at least 4 members (excludes halogenated alkanes) is 5. The zero-order chi connectivity index (χ0) is 29.0. The molecule has 0 aliphatic carbocycles. The average molecular weight is 565 g/mol. The molecule has 40 heavy (non-hydrogen) atoms. The Balaban J connectivity index is 2.35. The van der Waals surface area contributed by atoms with Crippen LogP contribution in [0.5, 0.6) is 5.75 Å². The molecule has 0 saturated carbocycles. The quantitative estimate of drug-likeness (QED) is 0.103. The molecule has 1 aromatic carbocycles. The van der Waals surface area contributed by atoms with Gasteiger partial charge in [0.25, 0.3) is 0 Å². The average Bonchev–Trinajstić information content (AvgIpc) is 2.97. The summed E-state index contributed by atoms with van der Waals surface area (Å²) in [4.78, 5) is 14.0. The molecule has 0 N–H and O–H groups in total. The summed E-state index contributed by atoms with van der Waals surface area (Å²) >= 11 is 0. The third-order valence-corrected chi connectivity index (χ3v) is 7.15. The monoisotopic (exact) mass is 564 g/mol. The lowest BCUT2D eigenvalue weighted by atomic mass is 9.90. The number of carbonyl (C=O) groups is 1. The first kappa shape index (κ1) is 34.7. The van der Waals surface area contributed by atoms with Crippen molar-refractivity contribution in [1.82, 2.24) is 0 Å². The molecule has 1 heterocycles. The Hall–Kier alpha value is -1.51. The summed E-state index contributed by atoms with van der Waals surface area (Å²) in [6, 6.07) is 7.35. The van der Waals surface area contributed by atoms with Crippen molar-refractivity contribution in [3.63, 3.8) is 0 Å². The second kappa shape index (κ2) is 21.2. The van der Waals surface area contributed by atoms with Crippen LogP contribution in [0, 0.1) is 0 Å². The molecule has 7 nitrogen and oxygen atoms in total. The zero-order valence-electron chi connectivity index (χ0n) is 25.9. The maximum atomic E-state index is 14.0. The van der Waals surface area contributed by atoms with Crippen LogP contribution in [0.25, 0.3) is 0 Å². The van der Waals surface area contributed by atoms with E-state index in [-0.39, 0.29) is 11.9 Å². The van der Waals surface area contributed by atoms with Gasteiger partial charge in [0.2, 0.25) is 0 Å². The van der Waals surface area contributed by atoms with E-state index in [0.717, 1.165) is 70.0 Å². The van der Waals surface area contributed by atoms with E-state index in [4.69, 9.17) is 28.4 Å². The second-order valence-corrected chi connectivity index (χ2v) is 10.7. The predicted octanol–water partition coefficient (Wildman–Crippen LogP) is 7.19. The topological polar surface area (TPSA) is 72.5 Å². The molecule has 1 saturated heterocycles. The summed E-state index contributed by atoms with van der Waals surface area (Å²) in [6.45, 7) is 14.1. The van der Waals surface area contributed by atoms with Crippen molar-refractivity contribution < 1.29 is 33.2 Å². The first-order valence-electron chi connectivity index (χ1n) is 16.0. The number of carbonyl (C=O) groups excluding carboxylic acids is 1. The lowest BCUT2D eigenvalue weighted by Crippen LogP contribution is -2.63. The van der Waals surface area contributed by atoms with Gasteiger partial charge in [-0.15, -0.1) is 0 Å².